The largest absolute Gasteiger partial charge is 0.303 e. The molecule has 1 aromatic rings. The number of rotatable bonds is 4. The van der Waals surface area contributed by atoms with E-state index in [0.29, 0.717) is 6.00 Å². The molecule has 0 aromatic carbocycles. The van der Waals surface area contributed by atoms with Crippen LogP contribution in [-0.4, -0.2) is 17.5 Å². The lowest BCUT2D eigenvalue weighted by atomic mass is 9.85. The van der Waals surface area contributed by atoms with E-state index in [0.717, 1.165) is 6.54 Å². The highest BCUT2D eigenvalue weighted by molar-refractivity contribution is 6.17. The summed E-state index contributed by atoms with van der Waals surface area (Å²) in [4.78, 5) is 3.99. The van der Waals surface area contributed by atoms with Crippen molar-refractivity contribution in [1.29, 1.82) is 0 Å². The van der Waals surface area contributed by atoms with E-state index in [-0.39, 0.29) is 5.41 Å². The van der Waals surface area contributed by atoms with Gasteiger partial charge in [0.25, 0.3) is 0 Å². The van der Waals surface area contributed by atoms with E-state index in [1.807, 2.05) is 24.5 Å². The second-order valence-corrected chi connectivity index (χ2v) is 3.95. The first-order valence-electron chi connectivity index (χ1n) is 4.34. The summed E-state index contributed by atoms with van der Waals surface area (Å²) in [5, 5.41) is 3.13. The summed E-state index contributed by atoms with van der Waals surface area (Å²) in [7, 11) is 0. The number of pyridine rings is 1. The van der Waals surface area contributed by atoms with Crippen LogP contribution in [0.1, 0.15) is 19.4 Å². The molecule has 0 fully saturated rings. The van der Waals surface area contributed by atoms with Gasteiger partial charge in [0.05, 0.1) is 6.00 Å². The Morgan fingerprint density at radius 2 is 2.00 bits per heavy atom. The van der Waals surface area contributed by atoms with Crippen molar-refractivity contribution < 1.29 is 0 Å². The molecule has 0 bridgehead atoms. The zero-order valence-corrected chi connectivity index (χ0v) is 8.80. The van der Waals surface area contributed by atoms with E-state index >= 15 is 0 Å². The number of halogens is 1. The van der Waals surface area contributed by atoms with Crippen LogP contribution < -0.4 is 5.32 Å². The molecule has 1 heterocycles. The number of nitrogens with one attached hydrogen (secondary N) is 1. The predicted octanol–water partition coefficient (Wildman–Crippen LogP) is 2.15. The van der Waals surface area contributed by atoms with Crippen LogP contribution in [0.15, 0.2) is 24.5 Å². The van der Waals surface area contributed by atoms with Gasteiger partial charge in [-0.05, 0) is 17.7 Å². The summed E-state index contributed by atoms with van der Waals surface area (Å²) in [5.41, 5.74) is 1.39. The third-order valence-corrected chi connectivity index (χ3v) is 2.31. The monoisotopic (exact) mass is 198 g/mol. The van der Waals surface area contributed by atoms with Crippen molar-refractivity contribution in [1.82, 2.24) is 10.3 Å². The van der Waals surface area contributed by atoms with Crippen LogP contribution in [0.5, 0.6) is 0 Å². The van der Waals surface area contributed by atoms with Gasteiger partial charge >= 0.3 is 0 Å². The summed E-state index contributed by atoms with van der Waals surface area (Å²) in [5.74, 6) is 0. The molecule has 0 unspecified atom stereocenters. The molecule has 1 rings (SSSR count). The molecule has 1 N–H and O–H groups in total. The van der Waals surface area contributed by atoms with Crippen molar-refractivity contribution >= 4 is 11.6 Å². The van der Waals surface area contributed by atoms with Crippen LogP contribution >= 0.6 is 11.6 Å². The van der Waals surface area contributed by atoms with E-state index in [1.54, 1.807) is 0 Å². The highest BCUT2D eigenvalue weighted by Gasteiger charge is 2.19. The van der Waals surface area contributed by atoms with E-state index < -0.39 is 0 Å². The van der Waals surface area contributed by atoms with E-state index in [9.17, 15) is 0 Å². The first-order valence-corrected chi connectivity index (χ1v) is 4.87. The molecule has 0 aliphatic heterocycles. The van der Waals surface area contributed by atoms with E-state index in [4.69, 9.17) is 11.6 Å². The van der Waals surface area contributed by atoms with Crippen LogP contribution in [-0.2, 0) is 5.41 Å². The Balaban J connectivity index is 2.69. The summed E-state index contributed by atoms with van der Waals surface area (Å²) >= 11 is 5.57. The van der Waals surface area contributed by atoms with Gasteiger partial charge in [-0.15, -0.1) is 11.6 Å². The molecule has 0 aliphatic rings. The standard InChI is InChI=1S/C10H15ClN2/c1-10(2,7-13-8-11)9-3-5-12-6-4-9/h3-6,13H,7-8H2,1-2H3. The van der Waals surface area contributed by atoms with Gasteiger partial charge in [-0.25, -0.2) is 0 Å². The summed E-state index contributed by atoms with van der Waals surface area (Å²) in [6, 6.07) is 4.57. The molecule has 0 atom stereocenters. The molecule has 0 spiro atoms. The second kappa shape index (κ2) is 4.58. The Morgan fingerprint density at radius 3 is 2.54 bits per heavy atom. The fourth-order valence-electron chi connectivity index (χ4n) is 1.26. The number of hydrogen-bond donors (Lipinski definition) is 1. The highest BCUT2D eigenvalue weighted by atomic mass is 35.5. The normalized spacial score (nSPS) is 11.6. The van der Waals surface area contributed by atoms with Crippen LogP contribution in [0.4, 0.5) is 0 Å². The molecule has 0 aliphatic carbocycles. The molecule has 0 saturated heterocycles. The topological polar surface area (TPSA) is 24.9 Å². The van der Waals surface area contributed by atoms with Gasteiger partial charge in [0.2, 0.25) is 0 Å². The number of alkyl halides is 1. The quantitative estimate of drug-likeness (QED) is 0.593. The lowest BCUT2D eigenvalue weighted by Crippen LogP contribution is -2.32. The maximum atomic E-state index is 5.57. The molecular formula is C10H15ClN2. The van der Waals surface area contributed by atoms with Gasteiger partial charge in [0.15, 0.2) is 0 Å². The van der Waals surface area contributed by atoms with Crippen molar-refractivity contribution in [2.45, 2.75) is 19.3 Å². The SMILES string of the molecule is CC(C)(CNCCl)c1ccncc1. The molecule has 0 saturated carbocycles. The predicted molar refractivity (Wildman–Crippen MR) is 56.0 cm³/mol. The van der Waals surface area contributed by atoms with Crippen LogP contribution in [0.25, 0.3) is 0 Å². The third-order valence-electron chi connectivity index (χ3n) is 2.12. The zero-order valence-electron chi connectivity index (χ0n) is 8.05. The Labute approximate surface area is 84.3 Å². The summed E-state index contributed by atoms with van der Waals surface area (Å²) in [6.45, 7) is 5.24. The molecule has 2 nitrogen and oxygen atoms in total. The van der Waals surface area contributed by atoms with Crippen molar-refractivity contribution in [2.75, 3.05) is 12.5 Å². The van der Waals surface area contributed by atoms with Gasteiger partial charge in [-0.3, -0.25) is 4.98 Å². The number of aromatic nitrogens is 1. The van der Waals surface area contributed by atoms with Crippen molar-refractivity contribution in [3.05, 3.63) is 30.1 Å². The van der Waals surface area contributed by atoms with Crippen LogP contribution in [0.3, 0.4) is 0 Å². The molecular weight excluding hydrogens is 184 g/mol. The van der Waals surface area contributed by atoms with Crippen LogP contribution in [0.2, 0.25) is 0 Å². The second-order valence-electron chi connectivity index (χ2n) is 3.68. The smallest absolute Gasteiger partial charge is 0.0713 e. The molecule has 0 radical (unpaired) electrons. The maximum Gasteiger partial charge on any atom is 0.0713 e. The Morgan fingerprint density at radius 1 is 1.38 bits per heavy atom. The molecule has 3 heteroatoms. The minimum Gasteiger partial charge on any atom is -0.303 e. The van der Waals surface area contributed by atoms with Gasteiger partial charge in [-0.1, -0.05) is 13.8 Å². The Kier molecular flexibility index (Phi) is 3.70. The molecule has 72 valence electrons. The first-order chi connectivity index (χ1) is 6.17. The lowest BCUT2D eigenvalue weighted by Gasteiger charge is -2.24. The highest BCUT2D eigenvalue weighted by Crippen LogP contribution is 2.20. The molecule has 0 amide bonds. The van der Waals surface area contributed by atoms with Gasteiger partial charge < -0.3 is 5.32 Å². The van der Waals surface area contributed by atoms with Gasteiger partial charge in [-0.2, -0.15) is 0 Å². The fourth-order valence-corrected chi connectivity index (χ4v) is 1.36. The van der Waals surface area contributed by atoms with E-state index in [1.165, 1.54) is 5.56 Å². The third kappa shape index (κ3) is 2.98. The maximum absolute atomic E-state index is 5.57. The summed E-state index contributed by atoms with van der Waals surface area (Å²) in [6.07, 6.45) is 3.63. The van der Waals surface area contributed by atoms with Crippen molar-refractivity contribution in [3.63, 3.8) is 0 Å². The first kappa shape index (κ1) is 10.5. The van der Waals surface area contributed by atoms with Crippen molar-refractivity contribution in [3.8, 4) is 0 Å². The zero-order chi connectivity index (χ0) is 9.73. The number of nitrogens with zero attached hydrogens (tertiary/aromatic N) is 1. The summed E-state index contributed by atoms with van der Waals surface area (Å²) < 4.78 is 0. The minimum atomic E-state index is 0.109. The molecule has 13 heavy (non-hydrogen) atoms. The van der Waals surface area contributed by atoms with Gasteiger partial charge in [0.1, 0.15) is 0 Å². The molecule has 1 aromatic heterocycles. The lowest BCUT2D eigenvalue weighted by molar-refractivity contribution is 0.488. The van der Waals surface area contributed by atoms with Crippen molar-refractivity contribution in [2.24, 2.45) is 0 Å². The minimum absolute atomic E-state index is 0.109. The Bertz CT molecular complexity index is 246. The van der Waals surface area contributed by atoms with Gasteiger partial charge in [0, 0.05) is 24.4 Å². The Hall–Kier alpha value is -0.600. The number of hydrogen-bond acceptors (Lipinski definition) is 2. The van der Waals surface area contributed by atoms with E-state index in [2.05, 4.69) is 24.1 Å². The average molecular weight is 199 g/mol. The average Bonchev–Trinajstić information content (AvgIpc) is 2.16. The van der Waals surface area contributed by atoms with Crippen LogP contribution in [0, 0.1) is 0 Å². The fraction of sp³-hybridized carbons (Fsp3) is 0.500.